The fraction of sp³-hybridized carbons (Fsp3) is 0.261. The molecule has 27 heavy (non-hydrogen) atoms. The molecule has 4 heteroatoms. The van der Waals surface area contributed by atoms with Gasteiger partial charge in [0.2, 0.25) is 0 Å². The van der Waals surface area contributed by atoms with Gasteiger partial charge in [0.1, 0.15) is 4.08 Å². The molecule has 1 nitrogen and oxygen atoms in total. The van der Waals surface area contributed by atoms with Gasteiger partial charge in [0.25, 0.3) is 0 Å². The second kappa shape index (κ2) is 8.68. The average molecular weight is 411 g/mol. The van der Waals surface area contributed by atoms with E-state index in [1.807, 2.05) is 65.2 Å². The number of carbonyl (C=O) groups is 1. The van der Waals surface area contributed by atoms with Crippen molar-refractivity contribution in [2.24, 2.45) is 0 Å². The number of carbonyl (C=O) groups excluding carboxylic acids is 1. The third-order valence-electron chi connectivity index (χ3n) is 4.93. The first-order valence-corrected chi connectivity index (χ1v) is 12.1. The largest absolute Gasteiger partial charge is 0.294 e. The average Bonchev–Trinajstić information content (AvgIpc) is 3.29. The molecule has 1 unspecified atom stereocenters. The molecule has 2 heterocycles. The number of thioether (sulfide) groups is 2. The molecule has 2 aromatic carbocycles. The number of rotatable bonds is 6. The minimum atomic E-state index is -0.0851. The Hall–Kier alpha value is -1.49. The molecular weight excluding hydrogens is 388 g/mol. The van der Waals surface area contributed by atoms with Crippen molar-refractivity contribution in [2.75, 3.05) is 11.5 Å². The van der Waals surface area contributed by atoms with Crippen LogP contribution in [0.4, 0.5) is 0 Å². The van der Waals surface area contributed by atoms with Crippen LogP contribution in [0.3, 0.4) is 0 Å². The van der Waals surface area contributed by atoms with E-state index in [1.165, 1.54) is 16.9 Å². The fourth-order valence-corrected chi connectivity index (χ4v) is 8.50. The molecule has 1 atom stereocenters. The molecule has 1 aliphatic rings. The smallest absolute Gasteiger partial charge is 0.163 e. The van der Waals surface area contributed by atoms with Crippen LogP contribution in [0.5, 0.6) is 0 Å². The Bertz CT molecular complexity index is 853. The highest BCUT2D eigenvalue weighted by Crippen LogP contribution is 2.60. The third-order valence-corrected chi connectivity index (χ3v) is 9.76. The van der Waals surface area contributed by atoms with E-state index >= 15 is 0 Å². The maximum absolute atomic E-state index is 13.2. The van der Waals surface area contributed by atoms with Crippen LogP contribution >= 0.6 is 34.9 Å². The van der Waals surface area contributed by atoms with Crippen LogP contribution in [0, 0.1) is 0 Å². The Morgan fingerprint density at radius 3 is 2.19 bits per heavy atom. The van der Waals surface area contributed by atoms with E-state index in [0.717, 1.165) is 17.1 Å². The summed E-state index contributed by atoms with van der Waals surface area (Å²) in [6, 6.07) is 24.7. The van der Waals surface area contributed by atoms with Gasteiger partial charge in [-0.05, 0) is 34.9 Å². The van der Waals surface area contributed by atoms with Crippen molar-refractivity contribution in [1.29, 1.82) is 0 Å². The summed E-state index contributed by atoms with van der Waals surface area (Å²) < 4.78 is -0.0851. The summed E-state index contributed by atoms with van der Waals surface area (Å²) in [5.74, 6) is 2.68. The maximum atomic E-state index is 13.2. The summed E-state index contributed by atoms with van der Waals surface area (Å²) in [6.07, 6.45) is 1.77. The second-order valence-corrected chi connectivity index (χ2v) is 10.5. The molecule has 1 saturated heterocycles. The molecule has 0 spiro atoms. The second-order valence-electron chi connectivity index (χ2n) is 6.65. The SMILES string of the molecule is O=C(CC(c1ccccc1)C1(c2cccs2)SCCCS1)c1ccccc1. The van der Waals surface area contributed by atoms with Crippen molar-refractivity contribution >= 4 is 40.6 Å². The molecule has 1 aliphatic heterocycles. The minimum Gasteiger partial charge on any atom is -0.294 e. The van der Waals surface area contributed by atoms with Crippen molar-refractivity contribution in [3.05, 3.63) is 94.2 Å². The van der Waals surface area contributed by atoms with Gasteiger partial charge in [0.15, 0.2) is 5.78 Å². The van der Waals surface area contributed by atoms with Crippen molar-refractivity contribution in [1.82, 2.24) is 0 Å². The Morgan fingerprint density at radius 2 is 1.56 bits per heavy atom. The van der Waals surface area contributed by atoms with Crippen molar-refractivity contribution in [2.45, 2.75) is 22.8 Å². The first kappa shape index (κ1) is 18.9. The predicted octanol–water partition coefficient (Wildman–Crippen LogP) is 6.83. The number of hydrogen-bond acceptors (Lipinski definition) is 4. The number of ketones is 1. The highest BCUT2D eigenvalue weighted by atomic mass is 32.2. The monoisotopic (exact) mass is 410 g/mol. The predicted molar refractivity (Wildman–Crippen MR) is 120 cm³/mol. The molecule has 138 valence electrons. The van der Waals surface area contributed by atoms with Crippen LogP contribution < -0.4 is 0 Å². The van der Waals surface area contributed by atoms with E-state index in [0.29, 0.717) is 6.42 Å². The van der Waals surface area contributed by atoms with Gasteiger partial charge in [-0.25, -0.2) is 0 Å². The Kier molecular flexibility index (Phi) is 6.06. The van der Waals surface area contributed by atoms with Crippen LogP contribution in [-0.4, -0.2) is 17.3 Å². The lowest BCUT2D eigenvalue weighted by molar-refractivity contribution is 0.0971. The van der Waals surface area contributed by atoms with Crippen molar-refractivity contribution in [3.63, 3.8) is 0 Å². The van der Waals surface area contributed by atoms with E-state index in [2.05, 4.69) is 47.8 Å². The maximum Gasteiger partial charge on any atom is 0.163 e. The first-order valence-electron chi connectivity index (χ1n) is 9.25. The van der Waals surface area contributed by atoms with Gasteiger partial charge in [-0.1, -0.05) is 66.7 Å². The third kappa shape index (κ3) is 4.03. The molecule has 4 rings (SSSR count). The lowest BCUT2D eigenvalue weighted by atomic mass is 9.87. The first-order chi connectivity index (χ1) is 13.3. The van der Waals surface area contributed by atoms with Gasteiger partial charge in [-0.2, -0.15) is 0 Å². The molecule has 1 fully saturated rings. The Labute approximate surface area is 173 Å². The molecule has 1 aromatic heterocycles. The molecule has 0 radical (unpaired) electrons. The van der Waals surface area contributed by atoms with E-state index in [4.69, 9.17) is 0 Å². The van der Waals surface area contributed by atoms with Crippen molar-refractivity contribution < 1.29 is 4.79 Å². The van der Waals surface area contributed by atoms with E-state index < -0.39 is 0 Å². The summed E-state index contributed by atoms with van der Waals surface area (Å²) in [5.41, 5.74) is 2.07. The quantitative estimate of drug-likeness (QED) is 0.415. The number of benzene rings is 2. The lowest BCUT2D eigenvalue weighted by Crippen LogP contribution is -2.31. The number of Topliss-reactive ketones (excluding diaryl/α,β-unsaturated/α-hetero) is 1. The zero-order valence-corrected chi connectivity index (χ0v) is 17.5. The molecular formula is C23H22OS3. The zero-order chi connectivity index (χ0) is 18.5. The fourth-order valence-electron chi connectivity index (χ4n) is 3.62. The van der Waals surface area contributed by atoms with Gasteiger partial charge < -0.3 is 0 Å². The molecule has 0 bridgehead atoms. The molecule has 0 saturated carbocycles. The van der Waals surface area contributed by atoms with Crippen LogP contribution in [0.1, 0.15) is 39.6 Å². The van der Waals surface area contributed by atoms with E-state index in [-0.39, 0.29) is 15.8 Å². The Balaban J connectivity index is 1.76. The van der Waals surface area contributed by atoms with Gasteiger partial charge in [-0.3, -0.25) is 4.79 Å². The van der Waals surface area contributed by atoms with E-state index in [1.54, 1.807) is 0 Å². The van der Waals surface area contributed by atoms with Crippen LogP contribution in [0.25, 0.3) is 0 Å². The molecule has 3 aromatic rings. The summed E-state index contributed by atoms with van der Waals surface area (Å²) in [7, 11) is 0. The van der Waals surface area contributed by atoms with E-state index in [9.17, 15) is 4.79 Å². The number of thiophene rings is 1. The standard InChI is InChI=1S/C23H22OS3/c24-21(19-11-5-2-6-12-19)17-20(18-9-3-1-4-10-18)23(22-13-7-14-25-22)26-15-8-16-27-23/h1-7,9-14,20H,8,15-17H2. The summed E-state index contributed by atoms with van der Waals surface area (Å²) >= 11 is 5.88. The summed E-state index contributed by atoms with van der Waals surface area (Å²) in [6.45, 7) is 0. The highest BCUT2D eigenvalue weighted by molar-refractivity contribution is 8.18. The Morgan fingerprint density at radius 1 is 0.889 bits per heavy atom. The topological polar surface area (TPSA) is 17.1 Å². The lowest BCUT2D eigenvalue weighted by Gasteiger charge is -2.42. The molecule has 0 amide bonds. The zero-order valence-electron chi connectivity index (χ0n) is 15.0. The number of hydrogen-bond donors (Lipinski definition) is 0. The van der Waals surface area contributed by atoms with Crippen molar-refractivity contribution in [3.8, 4) is 0 Å². The summed E-state index contributed by atoms with van der Waals surface area (Å²) in [5, 5.41) is 2.16. The van der Waals surface area contributed by atoms with Gasteiger partial charge in [-0.15, -0.1) is 34.9 Å². The van der Waals surface area contributed by atoms with Gasteiger partial charge >= 0.3 is 0 Å². The van der Waals surface area contributed by atoms with Gasteiger partial charge in [0, 0.05) is 22.8 Å². The normalized spacial score (nSPS) is 17.3. The molecule has 0 N–H and O–H groups in total. The van der Waals surface area contributed by atoms with Gasteiger partial charge in [0.05, 0.1) is 0 Å². The summed E-state index contributed by atoms with van der Waals surface area (Å²) in [4.78, 5) is 14.5. The minimum absolute atomic E-state index is 0.0851. The molecule has 0 aliphatic carbocycles. The highest BCUT2D eigenvalue weighted by Gasteiger charge is 2.45. The van der Waals surface area contributed by atoms with Crippen LogP contribution in [0.2, 0.25) is 0 Å². The van der Waals surface area contributed by atoms with Crippen LogP contribution in [0.15, 0.2) is 78.2 Å². The van der Waals surface area contributed by atoms with Crippen LogP contribution in [-0.2, 0) is 4.08 Å².